The van der Waals surface area contributed by atoms with Crippen LogP contribution < -0.4 is 0 Å². The monoisotopic (exact) mass is 647 g/mol. The van der Waals surface area contributed by atoms with Gasteiger partial charge in [-0.3, -0.25) is 4.79 Å². The molecule has 7 atom stereocenters. The molecule has 3 aliphatic carbocycles. The summed E-state index contributed by atoms with van der Waals surface area (Å²) in [7, 11) is 0. The minimum Gasteiger partial charge on any atom is -0.508 e. The number of rotatable bonds is 18. The molecule has 1 amide bonds. The quantitative estimate of drug-likeness (QED) is 0.158. The van der Waals surface area contributed by atoms with Gasteiger partial charge in [-0.2, -0.15) is 0 Å². The fourth-order valence-corrected chi connectivity index (χ4v) is 9.76. The summed E-state index contributed by atoms with van der Waals surface area (Å²) in [6.45, 7) is 5.84. The van der Waals surface area contributed by atoms with Crippen LogP contribution in [0.4, 0.5) is 4.39 Å². The number of hydrogen-bond acceptors (Lipinski definition) is 3. The number of aromatic hydroxyl groups is 1. The minimum absolute atomic E-state index is 0.146. The lowest BCUT2D eigenvalue weighted by atomic mass is 9.51. The molecule has 0 saturated heterocycles. The molecule has 0 spiro atoms. The Hall–Kier alpha value is -2.40. The molecule has 3 aliphatic rings. The first-order valence-corrected chi connectivity index (χ1v) is 19.3. The molecule has 4 nitrogen and oxygen atoms in total. The number of phenolic OH excluding ortho intramolecular Hbond substituents is 1. The van der Waals surface area contributed by atoms with Crippen molar-refractivity contribution in [2.75, 3.05) is 6.54 Å². The van der Waals surface area contributed by atoms with Crippen LogP contribution in [-0.2, 0) is 17.8 Å². The number of aliphatic hydroxyl groups excluding tert-OH is 1. The largest absolute Gasteiger partial charge is 0.508 e. The molecule has 47 heavy (non-hydrogen) atoms. The van der Waals surface area contributed by atoms with Crippen LogP contribution in [0.25, 0.3) is 0 Å². The lowest BCUT2D eigenvalue weighted by molar-refractivity contribution is -0.132. The first-order chi connectivity index (χ1) is 22.8. The summed E-state index contributed by atoms with van der Waals surface area (Å²) in [6.07, 6.45) is 17.7. The third kappa shape index (κ3) is 8.99. The highest BCUT2D eigenvalue weighted by Gasteiger charge is 2.59. The van der Waals surface area contributed by atoms with E-state index in [1.165, 1.54) is 50.5 Å². The van der Waals surface area contributed by atoms with Crippen LogP contribution in [0.15, 0.2) is 48.5 Å². The number of aliphatic hydroxyl groups is 1. The maximum Gasteiger partial charge on any atom is 0.222 e. The van der Waals surface area contributed by atoms with E-state index in [2.05, 4.69) is 43.0 Å². The van der Waals surface area contributed by atoms with Gasteiger partial charge < -0.3 is 15.1 Å². The Morgan fingerprint density at radius 3 is 2.36 bits per heavy atom. The van der Waals surface area contributed by atoms with Crippen molar-refractivity contribution < 1.29 is 19.4 Å². The van der Waals surface area contributed by atoms with Crippen LogP contribution in [0.5, 0.6) is 5.75 Å². The van der Waals surface area contributed by atoms with Crippen LogP contribution in [-0.4, -0.2) is 39.8 Å². The maximum atomic E-state index is 16.1. The number of fused-ring (bicyclic) bond motifs is 5. The summed E-state index contributed by atoms with van der Waals surface area (Å²) in [5.41, 5.74) is 3.03. The van der Waals surface area contributed by atoms with Crippen LogP contribution in [0.1, 0.15) is 146 Å². The van der Waals surface area contributed by atoms with Gasteiger partial charge in [0, 0.05) is 25.4 Å². The molecule has 0 radical (unpaired) electrons. The zero-order valence-corrected chi connectivity index (χ0v) is 29.4. The van der Waals surface area contributed by atoms with Crippen LogP contribution in [0, 0.1) is 23.2 Å². The number of hydrogen-bond donors (Lipinski definition) is 2. The molecular formula is C42H62FNO3. The molecule has 2 aromatic carbocycles. The summed E-state index contributed by atoms with van der Waals surface area (Å²) in [5.74, 6) is 1.30. The van der Waals surface area contributed by atoms with Crippen molar-refractivity contribution in [3.63, 3.8) is 0 Å². The second-order valence-corrected chi connectivity index (χ2v) is 15.6. The summed E-state index contributed by atoms with van der Waals surface area (Å²) in [4.78, 5) is 15.5. The molecule has 0 aromatic heterocycles. The van der Waals surface area contributed by atoms with E-state index in [4.69, 9.17) is 0 Å². The number of carbonyl (C=O) groups is 1. The molecule has 6 unspecified atom stereocenters. The molecule has 2 fully saturated rings. The predicted molar refractivity (Wildman–Crippen MR) is 190 cm³/mol. The van der Waals surface area contributed by atoms with Crippen molar-refractivity contribution in [1.82, 2.24) is 4.90 Å². The van der Waals surface area contributed by atoms with Crippen molar-refractivity contribution in [2.45, 2.75) is 154 Å². The Morgan fingerprint density at radius 2 is 1.62 bits per heavy atom. The Balaban J connectivity index is 1.14. The number of phenols is 1. The van der Waals surface area contributed by atoms with Gasteiger partial charge in [-0.1, -0.05) is 114 Å². The van der Waals surface area contributed by atoms with Gasteiger partial charge in [0.2, 0.25) is 5.91 Å². The van der Waals surface area contributed by atoms with Gasteiger partial charge >= 0.3 is 0 Å². The molecule has 0 aliphatic heterocycles. The molecular weight excluding hydrogens is 585 g/mol. The van der Waals surface area contributed by atoms with Crippen molar-refractivity contribution in [1.29, 1.82) is 0 Å². The Bertz CT molecular complexity index is 1250. The number of alkyl halides is 1. The van der Waals surface area contributed by atoms with Crippen LogP contribution >= 0.6 is 0 Å². The topological polar surface area (TPSA) is 60.8 Å². The molecule has 5 rings (SSSR count). The predicted octanol–water partition coefficient (Wildman–Crippen LogP) is 10.3. The number of nitrogens with zero attached hydrogens (tertiary/aromatic N) is 1. The first-order valence-electron chi connectivity index (χ1n) is 19.3. The summed E-state index contributed by atoms with van der Waals surface area (Å²) >= 11 is 0. The summed E-state index contributed by atoms with van der Waals surface area (Å²) < 4.78 is 16.1. The van der Waals surface area contributed by atoms with Gasteiger partial charge in [0.15, 0.2) is 0 Å². The number of unbranched alkanes of at least 4 members (excludes halogenated alkanes) is 10. The highest BCUT2D eigenvalue weighted by molar-refractivity contribution is 5.76. The van der Waals surface area contributed by atoms with E-state index in [0.29, 0.717) is 31.2 Å². The zero-order valence-electron chi connectivity index (χ0n) is 29.4. The molecule has 2 saturated carbocycles. The van der Waals surface area contributed by atoms with Gasteiger partial charge in [-0.15, -0.1) is 0 Å². The van der Waals surface area contributed by atoms with Crippen molar-refractivity contribution in [3.8, 4) is 5.75 Å². The highest BCUT2D eigenvalue weighted by atomic mass is 19.1. The van der Waals surface area contributed by atoms with E-state index in [0.717, 1.165) is 75.5 Å². The van der Waals surface area contributed by atoms with Gasteiger partial charge in [0.25, 0.3) is 0 Å². The zero-order chi connectivity index (χ0) is 33.2. The second kappa shape index (κ2) is 17.3. The number of amides is 1. The standard InChI is InChI=1S/C42H62FNO3/c1-3-4-5-6-7-8-9-10-16-21-39(47)44(30-31-18-13-11-14-19-31)26-17-12-15-20-32-27-33-28-34(45)22-23-35(33)41-37(43)29-42(2)36(40(32)41)24-25-38(42)46/h11,13-14,18-19,22-23,28,32,36-38,40-41,45-46H,3-10,12,15-17,20-21,24-27,29-30H2,1-2H3/t32?,36?,37?,38?,40?,41?,42-/m0/s1. The fraction of sp³-hybridized carbons (Fsp3) is 0.690. The van der Waals surface area contributed by atoms with E-state index in [-0.39, 0.29) is 28.9 Å². The highest BCUT2D eigenvalue weighted by Crippen LogP contribution is 2.63. The van der Waals surface area contributed by atoms with Crippen molar-refractivity contribution in [2.24, 2.45) is 23.2 Å². The Labute approximate surface area is 284 Å². The van der Waals surface area contributed by atoms with E-state index < -0.39 is 12.3 Å². The Kier molecular flexibility index (Phi) is 13.2. The average molecular weight is 648 g/mol. The lowest BCUT2D eigenvalue weighted by Gasteiger charge is -2.54. The lowest BCUT2D eigenvalue weighted by Crippen LogP contribution is -2.51. The maximum absolute atomic E-state index is 16.1. The van der Waals surface area contributed by atoms with E-state index in [1.807, 2.05) is 18.2 Å². The normalized spacial score (nSPS) is 28.0. The molecule has 5 heteroatoms. The fourth-order valence-electron chi connectivity index (χ4n) is 9.76. The molecule has 260 valence electrons. The van der Waals surface area contributed by atoms with Gasteiger partial charge in [0.1, 0.15) is 11.9 Å². The number of halogens is 1. The molecule has 0 heterocycles. The number of benzene rings is 2. The first kappa shape index (κ1) is 35.9. The molecule has 2 aromatic rings. The SMILES string of the molecule is CCCCCCCCCCCC(=O)N(CCCCCC1Cc2cc(O)ccc2C2C(F)C[C@]3(C)C(O)CCC3C12)Cc1ccccc1. The van der Waals surface area contributed by atoms with Crippen molar-refractivity contribution in [3.05, 3.63) is 65.2 Å². The number of carbonyl (C=O) groups excluding carboxylic acids is 1. The van der Waals surface area contributed by atoms with Crippen LogP contribution in [0.3, 0.4) is 0 Å². The van der Waals surface area contributed by atoms with Gasteiger partial charge in [0.05, 0.1) is 6.10 Å². The minimum atomic E-state index is -0.969. The third-order valence-electron chi connectivity index (χ3n) is 12.3. The van der Waals surface area contributed by atoms with E-state index in [9.17, 15) is 15.0 Å². The molecule has 2 N–H and O–H groups in total. The van der Waals surface area contributed by atoms with Crippen molar-refractivity contribution >= 4 is 5.91 Å². The van der Waals surface area contributed by atoms with Gasteiger partial charge in [-0.05, 0) is 96.9 Å². The second-order valence-electron chi connectivity index (χ2n) is 15.6. The smallest absolute Gasteiger partial charge is 0.222 e. The molecule has 0 bridgehead atoms. The van der Waals surface area contributed by atoms with Gasteiger partial charge in [-0.25, -0.2) is 4.39 Å². The summed E-state index contributed by atoms with van der Waals surface area (Å²) in [5, 5.41) is 21.2. The van der Waals surface area contributed by atoms with Crippen LogP contribution in [0.2, 0.25) is 0 Å². The average Bonchev–Trinajstić information content (AvgIpc) is 3.36. The van der Waals surface area contributed by atoms with E-state index >= 15 is 4.39 Å². The van der Waals surface area contributed by atoms with E-state index in [1.54, 1.807) is 6.07 Å². The third-order valence-corrected chi connectivity index (χ3v) is 12.3. The Morgan fingerprint density at radius 1 is 0.915 bits per heavy atom. The summed E-state index contributed by atoms with van der Waals surface area (Å²) in [6, 6.07) is 15.9.